The van der Waals surface area contributed by atoms with Gasteiger partial charge >= 0.3 is 0 Å². The van der Waals surface area contributed by atoms with E-state index in [1.807, 2.05) is 12.3 Å². The van der Waals surface area contributed by atoms with Crippen molar-refractivity contribution in [2.75, 3.05) is 0 Å². The summed E-state index contributed by atoms with van der Waals surface area (Å²) in [4.78, 5) is 0.867. The molecule has 0 amide bonds. The van der Waals surface area contributed by atoms with Crippen molar-refractivity contribution in [3.63, 3.8) is 0 Å². The normalized spacial score (nSPS) is 16.0. The van der Waals surface area contributed by atoms with Gasteiger partial charge in [0.15, 0.2) is 0 Å². The van der Waals surface area contributed by atoms with Crippen molar-refractivity contribution < 1.29 is 5.11 Å². The SMILES string of the molecule is CCC(O)C(N)c1sccc1Cl. The van der Waals surface area contributed by atoms with Crippen LogP contribution in [0, 0.1) is 0 Å². The molecular formula is C8H12ClNOS. The van der Waals surface area contributed by atoms with Crippen molar-refractivity contribution in [2.45, 2.75) is 25.5 Å². The van der Waals surface area contributed by atoms with Crippen LogP contribution in [-0.2, 0) is 0 Å². The van der Waals surface area contributed by atoms with Crippen LogP contribution < -0.4 is 5.73 Å². The lowest BCUT2D eigenvalue weighted by Gasteiger charge is -2.15. The molecule has 2 unspecified atom stereocenters. The van der Waals surface area contributed by atoms with Crippen molar-refractivity contribution >= 4 is 22.9 Å². The Labute approximate surface area is 81.0 Å². The molecule has 2 nitrogen and oxygen atoms in total. The van der Waals surface area contributed by atoms with E-state index in [1.54, 1.807) is 6.07 Å². The van der Waals surface area contributed by atoms with Gasteiger partial charge in [0.1, 0.15) is 0 Å². The summed E-state index contributed by atoms with van der Waals surface area (Å²) in [6.45, 7) is 1.89. The molecule has 0 aromatic carbocycles. The number of aliphatic hydroxyl groups excluding tert-OH is 1. The van der Waals surface area contributed by atoms with Gasteiger partial charge in [0, 0.05) is 4.88 Å². The second kappa shape index (κ2) is 4.23. The minimum Gasteiger partial charge on any atom is -0.391 e. The molecule has 1 rings (SSSR count). The summed E-state index contributed by atoms with van der Waals surface area (Å²) in [5.74, 6) is 0. The Balaban J connectivity index is 2.77. The molecular weight excluding hydrogens is 194 g/mol. The fraction of sp³-hybridized carbons (Fsp3) is 0.500. The van der Waals surface area contributed by atoms with Gasteiger partial charge in [0.2, 0.25) is 0 Å². The van der Waals surface area contributed by atoms with Crippen LogP contribution in [0.2, 0.25) is 5.02 Å². The highest BCUT2D eigenvalue weighted by molar-refractivity contribution is 7.10. The smallest absolute Gasteiger partial charge is 0.0738 e. The van der Waals surface area contributed by atoms with E-state index >= 15 is 0 Å². The molecule has 0 bridgehead atoms. The molecule has 0 radical (unpaired) electrons. The third-order valence-corrected chi connectivity index (χ3v) is 3.24. The zero-order valence-corrected chi connectivity index (χ0v) is 8.40. The Morgan fingerprint density at radius 3 is 2.83 bits per heavy atom. The summed E-state index contributed by atoms with van der Waals surface area (Å²) < 4.78 is 0. The van der Waals surface area contributed by atoms with Crippen molar-refractivity contribution in [2.24, 2.45) is 5.73 Å². The third-order valence-electron chi connectivity index (χ3n) is 1.78. The van der Waals surface area contributed by atoms with E-state index in [2.05, 4.69) is 0 Å². The second-order valence-electron chi connectivity index (χ2n) is 2.63. The van der Waals surface area contributed by atoms with Crippen molar-refractivity contribution in [3.8, 4) is 0 Å². The summed E-state index contributed by atoms with van der Waals surface area (Å²) in [6, 6.07) is 1.45. The molecule has 2 atom stereocenters. The predicted octanol–water partition coefficient (Wildman–Crippen LogP) is 2.17. The highest BCUT2D eigenvalue weighted by Gasteiger charge is 2.18. The van der Waals surface area contributed by atoms with E-state index in [-0.39, 0.29) is 6.04 Å². The molecule has 0 aliphatic carbocycles. The Bertz CT molecular complexity index is 251. The van der Waals surface area contributed by atoms with Gasteiger partial charge < -0.3 is 10.8 Å². The number of hydrogen-bond acceptors (Lipinski definition) is 3. The van der Waals surface area contributed by atoms with Crippen LogP contribution in [0.15, 0.2) is 11.4 Å². The van der Waals surface area contributed by atoms with Gasteiger partial charge in [0.05, 0.1) is 17.2 Å². The zero-order chi connectivity index (χ0) is 9.14. The highest BCUT2D eigenvalue weighted by atomic mass is 35.5. The maximum atomic E-state index is 9.45. The van der Waals surface area contributed by atoms with E-state index in [1.165, 1.54) is 11.3 Å². The Morgan fingerprint density at radius 2 is 2.42 bits per heavy atom. The first-order chi connectivity index (χ1) is 5.66. The molecule has 1 aromatic heterocycles. The molecule has 12 heavy (non-hydrogen) atoms. The minimum atomic E-state index is -0.499. The highest BCUT2D eigenvalue weighted by Crippen LogP contribution is 2.29. The molecule has 3 N–H and O–H groups in total. The fourth-order valence-corrected chi connectivity index (χ4v) is 2.21. The van der Waals surface area contributed by atoms with E-state index in [0.29, 0.717) is 11.4 Å². The lowest BCUT2D eigenvalue weighted by Crippen LogP contribution is -2.24. The van der Waals surface area contributed by atoms with Crippen LogP contribution >= 0.6 is 22.9 Å². The van der Waals surface area contributed by atoms with Crippen molar-refractivity contribution in [1.82, 2.24) is 0 Å². The molecule has 4 heteroatoms. The zero-order valence-electron chi connectivity index (χ0n) is 6.83. The third kappa shape index (κ3) is 1.98. The maximum Gasteiger partial charge on any atom is 0.0738 e. The summed E-state index contributed by atoms with van der Waals surface area (Å²) in [7, 11) is 0. The van der Waals surface area contributed by atoms with Gasteiger partial charge in [-0.1, -0.05) is 18.5 Å². The lowest BCUT2D eigenvalue weighted by molar-refractivity contribution is 0.142. The molecule has 68 valence electrons. The van der Waals surface area contributed by atoms with Crippen LogP contribution in [0.3, 0.4) is 0 Å². The number of hydrogen-bond donors (Lipinski definition) is 2. The first kappa shape index (κ1) is 9.99. The van der Waals surface area contributed by atoms with Gasteiger partial charge in [-0.3, -0.25) is 0 Å². The molecule has 0 fully saturated rings. The molecule has 0 saturated carbocycles. The average molecular weight is 206 g/mol. The van der Waals surface area contributed by atoms with Gasteiger partial charge in [0.25, 0.3) is 0 Å². The van der Waals surface area contributed by atoms with E-state index in [9.17, 15) is 5.11 Å². The maximum absolute atomic E-state index is 9.45. The van der Waals surface area contributed by atoms with Crippen LogP contribution in [0.5, 0.6) is 0 Å². The average Bonchev–Trinajstić information content (AvgIpc) is 2.48. The Hall–Kier alpha value is -0.0900. The number of rotatable bonds is 3. The molecule has 1 aromatic rings. The number of nitrogens with two attached hydrogens (primary N) is 1. The van der Waals surface area contributed by atoms with E-state index < -0.39 is 6.10 Å². The number of thiophene rings is 1. The van der Waals surface area contributed by atoms with Crippen molar-refractivity contribution in [3.05, 3.63) is 21.3 Å². The molecule has 0 spiro atoms. The van der Waals surface area contributed by atoms with Crippen LogP contribution in [0.4, 0.5) is 0 Å². The van der Waals surface area contributed by atoms with Crippen molar-refractivity contribution in [1.29, 1.82) is 0 Å². The summed E-state index contributed by atoms with van der Waals surface area (Å²) in [5.41, 5.74) is 5.77. The number of halogens is 1. The Kier molecular flexibility index (Phi) is 3.53. The first-order valence-electron chi connectivity index (χ1n) is 3.83. The van der Waals surface area contributed by atoms with Gasteiger partial charge in [-0.25, -0.2) is 0 Å². The first-order valence-corrected chi connectivity index (χ1v) is 5.09. The van der Waals surface area contributed by atoms with E-state index in [4.69, 9.17) is 17.3 Å². The van der Waals surface area contributed by atoms with Crippen LogP contribution in [0.25, 0.3) is 0 Å². The molecule has 1 heterocycles. The topological polar surface area (TPSA) is 46.2 Å². The van der Waals surface area contributed by atoms with Gasteiger partial charge in [-0.15, -0.1) is 11.3 Å². The molecule has 0 aliphatic heterocycles. The minimum absolute atomic E-state index is 0.345. The summed E-state index contributed by atoms with van der Waals surface area (Å²) >= 11 is 7.34. The largest absolute Gasteiger partial charge is 0.391 e. The van der Waals surface area contributed by atoms with E-state index in [0.717, 1.165) is 4.88 Å². The van der Waals surface area contributed by atoms with Gasteiger partial charge in [-0.05, 0) is 17.9 Å². The number of aliphatic hydroxyl groups is 1. The predicted molar refractivity (Wildman–Crippen MR) is 52.6 cm³/mol. The molecule has 0 saturated heterocycles. The van der Waals surface area contributed by atoms with Gasteiger partial charge in [-0.2, -0.15) is 0 Å². The Morgan fingerprint density at radius 1 is 1.75 bits per heavy atom. The second-order valence-corrected chi connectivity index (χ2v) is 3.99. The quantitative estimate of drug-likeness (QED) is 0.795. The van der Waals surface area contributed by atoms with Crippen LogP contribution in [-0.4, -0.2) is 11.2 Å². The summed E-state index contributed by atoms with van der Waals surface area (Å²) in [6.07, 6.45) is 0.149. The molecule has 0 aliphatic rings. The fourth-order valence-electron chi connectivity index (χ4n) is 0.972. The lowest BCUT2D eigenvalue weighted by atomic mass is 10.1. The monoisotopic (exact) mass is 205 g/mol. The summed E-state index contributed by atoms with van der Waals surface area (Å²) in [5, 5.41) is 12.0. The van der Waals surface area contributed by atoms with Crippen LogP contribution in [0.1, 0.15) is 24.3 Å². The standard InChI is InChI=1S/C8H12ClNOS/c1-2-6(11)7(10)8-5(9)3-4-12-8/h3-4,6-7,11H,2,10H2,1H3.